The fourth-order valence-electron chi connectivity index (χ4n) is 2.21. The molecule has 0 atom stereocenters. The number of benzene rings is 1. The molecule has 0 spiro atoms. The van der Waals surface area contributed by atoms with E-state index in [1.54, 1.807) is 6.26 Å². The van der Waals surface area contributed by atoms with Gasteiger partial charge in [-0.3, -0.25) is 4.79 Å². The van der Waals surface area contributed by atoms with Crippen LogP contribution in [0.2, 0.25) is 0 Å². The second-order valence-electron chi connectivity index (χ2n) is 4.82. The maximum atomic E-state index is 11.4. The lowest BCUT2D eigenvalue weighted by atomic mass is 10.2. The number of esters is 1. The third-order valence-corrected chi connectivity index (χ3v) is 4.29. The molecule has 0 saturated heterocycles. The zero-order chi connectivity index (χ0) is 16.1. The van der Waals surface area contributed by atoms with Gasteiger partial charge in [-0.1, -0.05) is 42.1 Å². The van der Waals surface area contributed by atoms with Gasteiger partial charge in [0.15, 0.2) is 5.16 Å². The summed E-state index contributed by atoms with van der Waals surface area (Å²) < 4.78 is 12.2. The Morgan fingerprint density at radius 3 is 2.78 bits per heavy atom. The number of aromatic nitrogens is 2. The minimum atomic E-state index is -0.274. The Labute approximate surface area is 138 Å². The molecular formula is C17H16N2O3S. The number of imidazole rings is 1. The van der Waals surface area contributed by atoms with Gasteiger partial charge < -0.3 is 13.7 Å². The number of furan rings is 1. The molecule has 2 heterocycles. The SMILES string of the molecule is COC(=O)CSc1ncc(-c2ccccc2)n1Cc1ccco1. The predicted octanol–water partition coefficient (Wildman–Crippen LogP) is 3.46. The average molecular weight is 328 g/mol. The molecule has 0 aliphatic heterocycles. The van der Waals surface area contributed by atoms with E-state index in [1.807, 2.05) is 53.2 Å². The molecule has 3 aromatic rings. The minimum Gasteiger partial charge on any atom is -0.468 e. The van der Waals surface area contributed by atoms with Gasteiger partial charge in [0, 0.05) is 0 Å². The maximum absolute atomic E-state index is 11.4. The Morgan fingerprint density at radius 2 is 2.09 bits per heavy atom. The smallest absolute Gasteiger partial charge is 0.316 e. The van der Waals surface area contributed by atoms with E-state index in [2.05, 4.69) is 4.98 Å². The number of hydrogen-bond acceptors (Lipinski definition) is 5. The highest BCUT2D eigenvalue weighted by molar-refractivity contribution is 7.99. The summed E-state index contributed by atoms with van der Waals surface area (Å²) in [5.74, 6) is 0.781. The highest BCUT2D eigenvalue weighted by Gasteiger charge is 2.15. The van der Waals surface area contributed by atoms with Crippen molar-refractivity contribution in [1.82, 2.24) is 9.55 Å². The summed E-state index contributed by atoms with van der Waals surface area (Å²) in [6.07, 6.45) is 3.47. The van der Waals surface area contributed by atoms with Gasteiger partial charge in [0.1, 0.15) is 5.76 Å². The summed E-state index contributed by atoms with van der Waals surface area (Å²) in [7, 11) is 1.38. The molecule has 0 aliphatic carbocycles. The number of methoxy groups -OCH3 is 1. The number of hydrogen-bond donors (Lipinski definition) is 0. The van der Waals surface area contributed by atoms with Crippen LogP contribution in [0.3, 0.4) is 0 Å². The van der Waals surface area contributed by atoms with E-state index in [0.29, 0.717) is 6.54 Å². The summed E-state index contributed by atoms with van der Waals surface area (Å²) in [5, 5.41) is 0.755. The third-order valence-electron chi connectivity index (χ3n) is 3.33. The molecule has 0 saturated carbocycles. The fraction of sp³-hybridized carbons (Fsp3) is 0.176. The van der Waals surface area contributed by atoms with Crippen molar-refractivity contribution in [2.24, 2.45) is 0 Å². The van der Waals surface area contributed by atoms with Crippen LogP contribution in [-0.2, 0) is 16.1 Å². The number of thioether (sulfide) groups is 1. The molecule has 3 rings (SSSR count). The molecule has 0 aliphatic rings. The van der Waals surface area contributed by atoms with Crippen LogP contribution >= 0.6 is 11.8 Å². The Balaban J connectivity index is 1.93. The van der Waals surface area contributed by atoms with Crippen molar-refractivity contribution in [3.8, 4) is 11.3 Å². The molecule has 0 radical (unpaired) electrons. The van der Waals surface area contributed by atoms with Crippen molar-refractivity contribution in [3.63, 3.8) is 0 Å². The van der Waals surface area contributed by atoms with Crippen LogP contribution in [0, 0.1) is 0 Å². The highest BCUT2D eigenvalue weighted by Crippen LogP contribution is 2.27. The van der Waals surface area contributed by atoms with Crippen molar-refractivity contribution in [3.05, 3.63) is 60.7 Å². The Bertz CT molecular complexity index is 767. The van der Waals surface area contributed by atoms with Crippen LogP contribution in [0.25, 0.3) is 11.3 Å². The van der Waals surface area contributed by atoms with Gasteiger partial charge in [0.2, 0.25) is 0 Å². The van der Waals surface area contributed by atoms with Crippen LogP contribution in [0.1, 0.15) is 5.76 Å². The molecule has 0 unspecified atom stereocenters. The molecule has 5 nitrogen and oxygen atoms in total. The summed E-state index contributed by atoms with van der Waals surface area (Å²) >= 11 is 1.35. The monoisotopic (exact) mass is 328 g/mol. The van der Waals surface area contributed by atoms with Gasteiger partial charge in [-0.05, 0) is 17.7 Å². The molecule has 0 fully saturated rings. The average Bonchev–Trinajstić information content (AvgIpc) is 3.24. The van der Waals surface area contributed by atoms with Crippen molar-refractivity contribution < 1.29 is 13.9 Å². The van der Waals surface area contributed by atoms with E-state index in [0.717, 1.165) is 22.2 Å². The number of carbonyl (C=O) groups is 1. The summed E-state index contributed by atoms with van der Waals surface area (Å²) in [6.45, 7) is 0.556. The maximum Gasteiger partial charge on any atom is 0.316 e. The van der Waals surface area contributed by atoms with Crippen LogP contribution in [-0.4, -0.2) is 28.4 Å². The molecular weight excluding hydrogens is 312 g/mol. The number of ether oxygens (including phenoxy) is 1. The zero-order valence-electron chi connectivity index (χ0n) is 12.6. The van der Waals surface area contributed by atoms with Crippen LogP contribution in [0.4, 0.5) is 0 Å². The van der Waals surface area contributed by atoms with E-state index in [-0.39, 0.29) is 11.7 Å². The van der Waals surface area contributed by atoms with E-state index in [9.17, 15) is 4.79 Å². The van der Waals surface area contributed by atoms with Gasteiger partial charge in [0.05, 0.1) is 37.6 Å². The van der Waals surface area contributed by atoms with E-state index >= 15 is 0 Å². The van der Waals surface area contributed by atoms with E-state index in [1.165, 1.54) is 18.9 Å². The number of rotatable bonds is 6. The Kier molecular flexibility index (Phi) is 4.83. The lowest BCUT2D eigenvalue weighted by molar-refractivity contribution is -0.137. The molecule has 118 valence electrons. The molecule has 0 amide bonds. The second-order valence-corrected chi connectivity index (χ2v) is 5.76. The normalized spacial score (nSPS) is 10.7. The van der Waals surface area contributed by atoms with E-state index in [4.69, 9.17) is 9.15 Å². The second kappa shape index (κ2) is 7.19. The van der Waals surface area contributed by atoms with E-state index < -0.39 is 0 Å². The zero-order valence-corrected chi connectivity index (χ0v) is 13.5. The first-order valence-electron chi connectivity index (χ1n) is 7.11. The van der Waals surface area contributed by atoms with Crippen molar-refractivity contribution in [2.75, 3.05) is 12.9 Å². The van der Waals surface area contributed by atoms with Crippen molar-refractivity contribution in [2.45, 2.75) is 11.7 Å². The highest BCUT2D eigenvalue weighted by atomic mass is 32.2. The first-order chi connectivity index (χ1) is 11.3. The Morgan fingerprint density at radius 1 is 1.26 bits per heavy atom. The van der Waals surface area contributed by atoms with Gasteiger partial charge in [-0.2, -0.15) is 0 Å². The standard InChI is InChI=1S/C17H16N2O3S/c1-21-16(20)12-23-17-18-10-15(13-6-3-2-4-7-13)19(17)11-14-8-5-9-22-14/h2-10H,11-12H2,1H3. The lowest BCUT2D eigenvalue weighted by Crippen LogP contribution is -2.07. The molecule has 2 aromatic heterocycles. The topological polar surface area (TPSA) is 57.3 Å². The van der Waals surface area contributed by atoms with Crippen LogP contribution < -0.4 is 0 Å². The molecule has 0 N–H and O–H groups in total. The third kappa shape index (κ3) is 3.65. The van der Waals surface area contributed by atoms with Crippen molar-refractivity contribution in [1.29, 1.82) is 0 Å². The molecule has 1 aromatic carbocycles. The Hall–Kier alpha value is -2.47. The first kappa shape index (κ1) is 15.4. The lowest BCUT2D eigenvalue weighted by Gasteiger charge is -2.10. The summed E-state index contributed by atoms with van der Waals surface area (Å²) in [6, 6.07) is 13.8. The number of nitrogens with zero attached hydrogens (tertiary/aromatic N) is 2. The first-order valence-corrected chi connectivity index (χ1v) is 8.09. The largest absolute Gasteiger partial charge is 0.468 e. The van der Waals surface area contributed by atoms with Crippen LogP contribution in [0.15, 0.2) is 64.5 Å². The minimum absolute atomic E-state index is 0.222. The molecule has 23 heavy (non-hydrogen) atoms. The fourth-order valence-corrected chi connectivity index (χ4v) is 3.02. The van der Waals surface area contributed by atoms with Crippen LogP contribution in [0.5, 0.6) is 0 Å². The van der Waals surface area contributed by atoms with Gasteiger partial charge >= 0.3 is 5.97 Å². The van der Waals surface area contributed by atoms with Gasteiger partial charge in [0.25, 0.3) is 0 Å². The van der Waals surface area contributed by atoms with Crippen molar-refractivity contribution >= 4 is 17.7 Å². The molecule has 6 heteroatoms. The quantitative estimate of drug-likeness (QED) is 0.512. The summed E-state index contributed by atoms with van der Waals surface area (Å²) in [4.78, 5) is 15.8. The predicted molar refractivity (Wildman–Crippen MR) is 88.2 cm³/mol. The van der Waals surface area contributed by atoms with Gasteiger partial charge in [-0.15, -0.1) is 0 Å². The number of carbonyl (C=O) groups excluding carboxylic acids is 1. The van der Waals surface area contributed by atoms with Gasteiger partial charge in [-0.25, -0.2) is 4.98 Å². The molecule has 0 bridgehead atoms. The summed E-state index contributed by atoms with van der Waals surface area (Å²) in [5.41, 5.74) is 2.05.